The number of aryl methyl sites for hydroxylation is 2. The van der Waals surface area contributed by atoms with Gasteiger partial charge in [0.25, 0.3) is 0 Å². The van der Waals surface area contributed by atoms with Gasteiger partial charge < -0.3 is 0 Å². The fourth-order valence-electron chi connectivity index (χ4n) is 5.51. The molecule has 0 bridgehead atoms. The number of hydrogen-bond donors (Lipinski definition) is 2. The fourth-order valence-corrected chi connectivity index (χ4v) is 6.10. The van der Waals surface area contributed by atoms with Crippen LogP contribution in [0.5, 0.6) is 0 Å². The first-order chi connectivity index (χ1) is 17.8. The highest BCUT2D eigenvalue weighted by Gasteiger charge is 2.09. The lowest BCUT2D eigenvalue weighted by Crippen LogP contribution is -2.01. The molecule has 0 fully saturated rings. The largest absolute Gasteiger partial charge is 0.175 e. The highest BCUT2D eigenvalue weighted by atomic mass is 32.1. The van der Waals surface area contributed by atoms with Gasteiger partial charge in [0.05, 0.1) is 0 Å². The monoisotopic (exact) mass is 534 g/mol. The highest BCUT2D eigenvalue weighted by molar-refractivity contribution is 7.79. The van der Waals surface area contributed by atoms with E-state index in [2.05, 4.69) is 51.2 Å². The maximum Gasteiger partial charge on any atom is 0.0157 e. The van der Waals surface area contributed by atoms with Crippen LogP contribution in [-0.4, -0.2) is 0 Å². The van der Waals surface area contributed by atoms with Crippen LogP contribution in [0.3, 0.4) is 0 Å². The average molecular weight is 535 g/mol. The molecule has 0 aromatic heterocycles. The van der Waals surface area contributed by atoms with Crippen LogP contribution >= 0.6 is 25.3 Å². The van der Waals surface area contributed by atoms with Gasteiger partial charge in [-0.2, -0.15) is 25.3 Å². The molecule has 0 heterocycles. The standard InChI is InChI=1S/C34H62S2/c1-3-5-7-9-11-13-15-17-19-21-23-25-31-27-33(29-35)34(30-36)28-32(31)26-24-22-20-18-16-14-12-10-8-6-4-2/h27-28,35-36H,3-26,29-30H2,1-2H3. The molecule has 0 nitrogen and oxygen atoms in total. The summed E-state index contributed by atoms with van der Waals surface area (Å²) in [4.78, 5) is 0. The quantitative estimate of drug-likeness (QED) is 0.0856. The molecule has 0 saturated carbocycles. The minimum Gasteiger partial charge on any atom is -0.175 e. The second kappa shape index (κ2) is 25.2. The molecule has 1 rings (SSSR count). The van der Waals surface area contributed by atoms with Crippen LogP contribution in [0.2, 0.25) is 0 Å². The summed E-state index contributed by atoms with van der Waals surface area (Å²) in [5.74, 6) is 1.67. The Bertz CT molecular complexity index is 556. The fraction of sp³-hybridized carbons (Fsp3) is 0.824. The third-order valence-corrected chi connectivity index (χ3v) is 8.64. The van der Waals surface area contributed by atoms with Gasteiger partial charge >= 0.3 is 0 Å². The first kappa shape index (κ1) is 33.9. The van der Waals surface area contributed by atoms with Crippen molar-refractivity contribution in [3.63, 3.8) is 0 Å². The van der Waals surface area contributed by atoms with E-state index in [1.807, 2.05) is 0 Å². The van der Waals surface area contributed by atoms with Crippen molar-refractivity contribution in [3.8, 4) is 0 Å². The van der Waals surface area contributed by atoms with Crippen molar-refractivity contribution >= 4 is 25.3 Å². The predicted octanol–water partition coefficient (Wildman–Crippen LogP) is 12.3. The Hall–Kier alpha value is -0.0800. The second-order valence-corrected chi connectivity index (χ2v) is 11.9. The summed E-state index contributed by atoms with van der Waals surface area (Å²) in [7, 11) is 0. The third-order valence-electron chi connectivity index (χ3n) is 7.96. The number of benzene rings is 1. The second-order valence-electron chi connectivity index (χ2n) is 11.3. The lowest BCUT2D eigenvalue weighted by molar-refractivity contribution is 0.547. The van der Waals surface area contributed by atoms with Gasteiger partial charge in [-0.1, -0.05) is 154 Å². The summed E-state index contributed by atoms with van der Waals surface area (Å²) < 4.78 is 0. The van der Waals surface area contributed by atoms with Crippen molar-refractivity contribution in [1.82, 2.24) is 0 Å². The first-order valence-corrected chi connectivity index (χ1v) is 17.4. The van der Waals surface area contributed by atoms with Gasteiger partial charge in [-0.3, -0.25) is 0 Å². The summed E-state index contributed by atoms with van der Waals surface area (Å²) >= 11 is 9.23. The van der Waals surface area contributed by atoms with E-state index in [9.17, 15) is 0 Å². The number of unbranched alkanes of at least 4 members (excludes halogenated alkanes) is 20. The molecule has 0 saturated heterocycles. The van der Waals surface area contributed by atoms with Crippen LogP contribution < -0.4 is 0 Å². The minimum absolute atomic E-state index is 0.833. The number of thiol groups is 2. The van der Waals surface area contributed by atoms with Crippen molar-refractivity contribution in [3.05, 3.63) is 34.4 Å². The van der Waals surface area contributed by atoms with Crippen LogP contribution in [0.1, 0.15) is 177 Å². The molecular formula is C34H62S2. The summed E-state index contributed by atoms with van der Waals surface area (Å²) in [5.41, 5.74) is 6.00. The molecule has 1 aromatic rings. The Morgan fingerprint density at radius 3 is 0.861 bits per heavy atom. The molecule has 0 amide bonds. The van der Waals surface area contributed by atoms with Crippen LogP contribution in [0, 0.1) is 0 Å². The third kappa shape index (κ3) is 17.4. The molecule has 1 aromatic carbocycles. The Kier molecular flexibility index (Phi) is 23.8. The number of rotatable bonds is 26. The predicted molar refractivity (Wildman–Crippen MR) is 172 cm³/mol. The Morgan fingerprint density at radius 2 is 0.611 bits per heavy atom. The zero-order valence-electron chi connectivity index (χ0n) is 24.4. The highest BCUT2D eigenvalue weighted by Crippen LogP contribution is 2.25. The SMILES string of the molecule is CCCCCCCCCCCCCc1cc(CS)c(CS)cc1CCCCCCCCCCCCC. The van der Waals surface area contributed by atoms with Crippen molar-refractivity contribution in [2.24, 2.45) is 0 Å². The zero-order valence-corrected chi connectivity index (χ0v) is 26.2. The van der Waals surface area contributed by atoms with Gasteiger partial charge in [-0.15, -0.1) is 0 Å². The summed E-state index contributed by atoms with van der Waals surface area (Å²) in [5, 5.41) is 0. The van der Waals surface area contributed by atoms with E-state index in [1.165, 1.54) is 165 Å². The van der Waals surface area contributed by atoms with Crippen LogP contribution in [-0.2, 0) is 24.3 Å². The molecule has 0 unspecified atom stereocenters. The summed E-state index contributed by atoms with van der Waals surface area (Å²) in [6.07, 6.45) is 33.7. The van der Waals surface area contributed by atoms with Gasteiger partial charge in [0.2, 0.25) is 0 Å². The Balaban J connectivity index is 2.29. The molecule has 0 aliphatic rings. The normalized spacial score (nSPS) is 11.4. The van der Waals surface area contributed by atoms with E-state index in [0.717, 1.165) is 11.5 Å². The zero-order chi connectivity index (χ0) is 26.1. The van der Waals surface area contributed by atoms with Gasteiger partial charge in [0, 0.05) is 11.5 Å². The van der Waals surface area contributed by atoms with E-state index in [4.69, 9.17) is 0 Å². The van der Waals surface area contributed by atoms with Crippen molar-refractivity contribution < 1.29 is 0 Å². The minimum atomic E-state index is 0.833. The summed E-state index contributed by atoms with van der Waals surface area (Å²) in [6, 6.07) is 4.95. The van der Waals surface area contributed by atoms with E-state index in [1.54, 1.807) is 11.1 Å². The van der Waals surface area contributed by atoms with Crippen LogP contribution in [0.4, 0.5) is 0 Å². The molecule has 0 aliphatic carbocycles. The average Bonchev–Trinajstić information content (AvgIpc) is 2.90. The van der Waals surface area contributed by atoms with Crippen molar-refractivity contribution in [1.29, 1.82) is 0 Å². The van der Waals surface area contributed by atoms with E-state index in [-0.39, 0.29) is 0 Å². The Labute approximate surface area is 238 Å². The first-order valence-electron chi connectivity index (χ1n) is 16.1. The van der Waals surface area contributed by atoms with E-state index in [0.29, 0.717) is 0 Å². The molecule has 210 valence electrons. The molecule has 2 heteroatoms. The lowest BCUT2D eigenvalue weighted by atomic mass is 9.92. The topological polar surface area (TPSA) is 0 Å². The van der Waals surface area contributed by atoms with Crippen LogP contribution in [0.15, 0.2) is 12.1 Å². The van der Waals surface area contributed by atoms with Gasteiger partial charge in [0.1, 0.15) is 0 Å². The lowest BCUT2D eigenvalue weighted by Gasteiger charge is -2.15. The summed E-state index contributed by atoms with van der Waals surface area (Å²) in [6.45, 7) is 4.60. The molecule has 0 radical (unpaired) electrons. The Morgan fingerprint density at radius 1 is 0.361 bits per heavy atom. The van der Waals surface area contributed by atoms with Gasteiger partial charge in [-0.25, -0.2) is 0 Å². The molecule has 0 N–H and O–H groups in total. The van der Waals surface area contributed by atoms with Crippen molar-refractivity contribution in [2.45, 2.75) is 179 Å². The maximum absolute atomic E-state index is 4.61. The molecular weight excluding hydrogens is 473 g/mol. The smallest absolute Gasteiger partial charge is 0.0157 e. The van der Waals surface area contributed by atoms with Crippen LogP contribution in [0.25, 0.3) is 0 Å². The maximum atomic E-state index is 4.61. The van der Waals surface area contributed by atoms with Gasteiger partial charge in [0.15, 0.2) is 0 Å². The molecule has 0 atom stereocenters. The molecule has 0 aliphatic heterocycles. The molecule has 0 spiro atoms. The van der Waals surface area contributed by atoms with Crippen molar-refractivity contribution in [2.75, 3.05) is 0 Å². The number of hydrogen-bond acceptors (Lipinski definition) is 2. The van der Waals surface area contributed by atoms with E-state index >= 15 is 0 Å². The molecule has 36 heavy (non-hydrogen) atoms. The van der Waals surface area contributed by atoms with Gasteiger partial charge in [-0.05, 0) is 47.9 Å². The van der Waals surface area contributed by atoms with E-state index < -0.39 is 0 Å².